The van der Waals surface area contributed by atoms with Crippen molar-refractivity contribution in [3.05, 3.63) is 42.5 Å². The van der Waals surface area contributed by atoms with E-state index in [9.17, 15) is 9.59 Å². The second kappa shape index (κ2) is 5.31. The van der Waals surface area contributed by atoms with Crippen molar-refractivity contribution < 1.29 is 14.3 Å². The zero-order valence-electron chi connectivity index (χ0n) is 9.97. The lowest BCUT2D eigenvalue weighted by atomic mass is 10.1. The lowest BCUT2D eigenvalue weighted by molar-refractivity contribution is -0.148. The van der Waals surface area contributed by atoms with Crippen molar-refractivity contribution >= 4 is 22.6 Å². The van der Waals surface area contributed by atoms with E-state index in [1.54, 1.807) is 19.1 Å². The van der Waals surface area contributed by atoms with Crippen LogP contribution in [0.15, 0.2) is 42.5 Å². The van der Waals surface area contributed by atoms with Gasteiger partial charge in [0, 0.05) is 11.9 Å². The van der Waals surface area contributed by atoms with Crippen LogP contribution in [0, 0.1) is 0 Å². The summed E-state index contributed by atoms with van der Waals surface area (Å²) in [5.74, 6) is -1.23. The van der Waals surface area contributed by atoms with E-state index in [1.807, 2.05) is 30.3 Å². The van der Waals surface area contributed by atoms with E-state index < -0.39 is 11.9 Å². The van der Waals surface area contributed by atoms with Gasteiger partial charge in [0.05, 0.1) is 0 Å². The predicted octanol–water partition coefficient (Wildman–Crippen LogP) is 1.88. The molecular formula is C14H13NO3. The first-order chi connectivity index (χ1) is 8.72. The Morgan fingerprint density at radius 2 is 1.83 bits per heavy atom. The van der Waals surface area contributed by atoms with Gasteiger partial charge >= 0.3 is 11.9 Å². The number of esters is 1. The van der Waals surface area contributed by atoms with E-state index in [4.69, 9.17) is 4.74 Å². The first-order valence-electron chi connectivity index (χ1n) is 5.70. The molecule has 1 N–H and O–H groups in total. The molecule has 0 aromatic heterocycles. The third kappa shape index (κ3) is 2.48. The Labute approximate surface area is 105 Å². The van der Waals surface area contributed by atoms with Crippen molar-refractivity contribution in [3.63, 3.8) is 0 Å². The average molecular weight is 243 g/mol. The van der Waals surface area contributed by atoms with Crippen molar-refractivity contribution in [1.82, 2.24) is 5.32 Å². The molecule has 0 unspecified atom stereocenters. The normalized spacial score (nSPS) is 10.1. The lowest BCUT2D eigenvalue weighted by Gasteiger charge is -2.07. The van der Waals surface area contributed by atoms with Gasteiger partial charge in [0.1, 0.15) is 5.75 Å². The number of likely N-dealkylation sites (N-methyl/N-ethyl adjacent to an activating group) is 1. The second-order valence-electron chi connectivity index (χ2n) is 3.73. The summed E-state index contributed by atoms with van der Waals surface area (Å²) in [5, 5.41) is 4.16. The molecule has 2 rings (SSSR count). The fraction of sp³-hybridized carbons (Fsp3) is 0.143. The van der Waals surface area contributed by atoms with Crippen LogP contribution >= 0.6 is 0 Å². The van der Waals surface area contributed by atoms with Crippen LogP contribution in [0.4, 0.5) is 0 Å². The van der Waals surface area contributed by atoms with E-state index in [0.29, 0.717) is 12.3 Å². The number of carbonyl (C=O) groups is 2. The number of benzene rings is 2. The van der Waals surface area contributed by atoms with Crippen molar-refractivity contribution in [3.8, 4) is 5.75 Å². The Morgan fingerprint density at radius 1 is 1.11 bits per heavy atom. The van der Waals surface area contributed by atoms with Crippen molar-refractivity contribution in [2.45, 2.75) is 6.92 Å². The zero-order valence-corrected chi connectivity index (χ0v) is 9.97. The molecular weight excluding hydrogens is 230 g/mol. The quantitative estimate of drug-likeness (QED) is 0.498. The Bertz CT molecular complexity index is 587. The standard InChI is InChI=1S/C14H13NO3/c1-2-15-13(16)14(17)18-12-9-5-7-10-6-3-4-8-11(10)12/h3-9H,2H2,1H3,(H,15,16). The number of fused-ring (bicyclic) bond motifs is 1. The van der Waals surface area contributed by atoms with Gasteiger partial charge in [-0.05, 0) is 18.4 Å². The fourth-order valence-corrected chi connectivity index (χ4v) is 1.66. The molecule has 0 radical (unpaired) electrons. The molecule has 0 atom stereocenters. The van der Waals surface area contributed by atoms with Crippen LogP contribution in [0.25, 0.3) is 10.8 Å². The van der Waals surface area contributed by atoms with Gasteiger partial charge in [-0.15, -0.1) is 0 Å². The van der Waals surface area contributed by atoms with Crippen LogP contribution in [-0.4, -0.2) is 18.4 Å². The van der Waals surface area contributed by atoms with Gasteiger partial charge in [0.2, 0.25) is 0 Å². The number of ether oxygens (including phenoxy) is 1. The highest BCUT2D eigenvalue weighted by Crippen LogP contribution is 2.25. The molecule has 0 fully saturated rings. The smallest absolute Gasteiger partial charge is 0.402 e. The summed E-state index contributed by atoms with van der Waals surface area (Å²) < 4.78 is 5.09. The highest BCUT2D eigenvalue weighted by molar-refractivity contribution is 6.33. The Hall–Kier alpha value is -2.36. The molecule has 0 bridgehead atoms. The largest absolute Gasteiger partial charge is 0.419 e. The Morgan fingerprint density at radius 3 is 2.61 bits per heavy atom. The molecule has 2 aromatic rings. The number of hydrogen-bond donors (Lipinski definition) is 1. The summed E-state index contributed by atoms with van der Waals surface area (Å²) in [5.41, 5.74) is 0. The molecule has 4 heteroatoms. The summed E-state index contributed by atoms with van der Waals surface area (Å²) in [6.45, 7) is 2.13. The molecule has 4 nitrogen and oxygen atoms in total. The van der Waals surface area contributed by atoms with Crippen molar-refractivity contribution in [2.24, 2.45) is 0 Å². The topological polar surface area (TPSA) is 55.4 Å². The number of amides is 1. The van der Waals surface area contributed by atoms with Crippen LogP contribution in [0.5, 0.6) is 5.75 Å². The minimum atomic E-state index is -0.895. The van der Waals surface area contributed by atoms with Crippen LogP contribution in [0.2, 0.25) is 0 Å². The third-order valence-electron chi connectivity index (χ3n) is 2.48. The highest BCUT2D eigenvalue weighted by atomic mass is 16.5. The summed E-state index contributed by atoms with van der Waals surface area (Å²) in [6.07, 6.45) is 0. The summed E-state index contributed by atoms with van der Waals surface area (Å²) in [6, 6.07) is 12.9. The molecule has 0 saturated carbocycles. The first kappa shape index (κ1) is 12.1. The number of rotatable bonds is 2. The Kier molecular flexibility index (Phi) is 3.57. The SMILES string of the molecule is CCNC(=O)C(=O)Oc1cccc2ccccc12. The lowest BCUT2D eigenvalue weighted by Crippen LogP contribution is -2.33. The Balaban J connectivity index is 2.27. The average Bonchev–Trinajstić information content (AvgIpc) is 2.39. The van der Waals surface area contributed by atoms with Crippen molar-refractivity contribution in [1.29, 1.82) is 0 Å². The molecule has 0 heterocycles. The molecule has 0 spiro atoms. The maximum absolute atomic E-state index is 11.5. The van der Waals surface area contributed by atoms with Gasteiger partial charge in [-0.25, -0.2) is 4.79 Å². The van der Waals surface area contributed by atoms with E-state index in [2.05, 4.69) is 5.32 Å². The molecule has 2 aromatic carbocycles. The molecule has 0 aliphatic heterocycles. The van der Waals surface area contributed by atoms with Crippen LogP contribution < -0.4 is 10.1 Å². The predicted molar refractivity (Wildman–Crippen MR) is 68.3 cm³/mol. The maximum atomic E-state index is 11.5. The number of hydrogen-bond acceptors (Lipinski definition) is 3. The highest BCUT2D eigenvalue weighted by Gasteiger charge is 2.16. The van der Waals surface area contributed by atoms with E-state index in [0.717, 1.165) is 10.8 Å². The van der Waals surface area contributed by atoms with Gasteiger partial charge < -0.3 is 10.1 Å². The molecule has 18 heavy (non-hydrogen) atoms. The minimum Gasteiger partial charge on any atom is -0.419 e. The van der Waals surface area contributed by atoms with Gasteiger partial charge in [0.15, 0.2) is 0 Å². The molecule has 0 aliphatic carbocycles. The number of nitrogens with one attached hydrogen (secondary N) is 1. The van der Waals surface area contributed by atoms with Gasteiger partial charge in [0.25, 0.3) is 0 Å². The monoisotopic (exact) mass is 243 g/mol. The van der Waals surface area contributed by atoms with Gasteiger partial charge in [-0.2, -0.15) is 0 Å². The first-order valence-corrected chi connectivity index (χ1v) is 5.70. The van der Waals surface area contributed by atoms with Gasteiger partial charge in [-0.3, -0.25) is 4.79 Å². The molecule has 92 valence electrons. The summed E-state index contributed by atoms with van der Waals surface area (Å²) >= 11 is 0. The maximum Gasteiger partial charge on any atom is 0.402 e. The molecule has 0 saturated heterocycles. The second-order valence-corrected chi connectivity index (χ2v) is 3.73. The van der Waals surface area contributed by atoms with Crippen LogP contribution in [0.3, 0.4) is 0 Å². The van der Waals surface area contributed by atoms with E-state index in [-0.39, 0.29) is 0 Å². The van der Waals surface area contributed by atoms with Gasteiger partial charge in [-0.1, -0.05) is 36.4 Å². The molecule has 0 aliphatic rings. The van der Waals surface area contributed by atoms with E-state index >= 15 is 0 Å². The molecule has 1 amide bonds. The van der Waals surface area contributed by atoms with E-state index in [1.165, 1.54) is 0 Å². The fourth-order valence-electron chi connectivity index (χ4n) is 1.66. The summed E-state index contributed by atoms with van der Waals surface area (Å²) in [7, 11) is 0. The summed E-state index contributed by atoms with van der Waals surface area (Å²) in [4.78, 5) is 22.8. The number of carbonyl (C=O) groups excluding carboxylic acids is 2. The minimum absolute atomic E-state index is 0.392. The zero-order chi connectivity index (χ0) is 13.0. The third-order valence-corrected chi connectivity index (χ3v) is 2.48. The van der Waals surface area contributed by atoms with Crippen LogP contribution in [0.1, 0.15) is 6.92 Å². The van der Waals surface area contributed by atoms with Crippen molar-refractivity contribution in [2.75, 3.05) is 6.54 Å². The van der Waals surface area contributed by atoms with Crippen LogP contribution in [-0.2, 0) is 9.59 Å².